The number of aromatic nitrogens is 2. The van der Waals surface area contributed by atoms with Gasteiger partial charge in [0, 0.05) is 16.7 Å². The van der Waals surface area contributed by atoms with E-state index in [1.807, 2.05) is 0 Å². The zero-order valence-corrected chi connectivity index (χ0v) is 16.5. The monoisotopic (exact) mass is 414 g/mol. The highest BCUT2D eigenvalue weighted by Crippen LogP contribution is 2.42. The lowest BCUT2D eigenvalue weighted by Gasteiger charge is -2.25. The molecule has 0 spiro atoms. The molecule has 0 atom stereocenters. The number of alkyl halides is 3. The fraction of sp³-hybridized carbons (Fsp3) is 0.348. The number of hydrogen-bond acceptors (Lipinski definition) is 4. The molecule has 1 aromatic heterocycles. The second kappa shape index (κ2) is 8.05. The molecule has 1 fully saturated rings. The molecule has 1 heterocycles. The summed E-state index contributed by atoms with van der Waals surface area (Å²) in [5, 5.41) is 3.91. The Morgan fingerprint density at radius 1 is 1.03 bits per heavy atom. The summed E-state index contributed by atoms with van der Waals surface area (Å²) in [7, 11) is 0. The zero-order chi connectivity index (χ0) is 21.3. The maximum absolute atomic E-state index is 13.8. The standard InChI is InChI=1S/C23H21F3N2O2/c1-14-11-16(7-8-18(14)13-29)21-27-22(30-28-21)17-9-10-19(15-5-3-2-4-6-15)20(12-17)23(24,25)26/h7-13,15H,2-6H2,1H3. The molecule has 1 saturated carbocycles. The summed E-state index contributed by atoms with van der Waals surface area (Å²) in [5.41, 5.74) is 1.90. The molecule has 0 unspecified atom stereocenters. The number of nitrogens with zero attached hydrogens (tertiary/aromatic N) is 2. The average Bonchev–Trinajstić information content (AvgIpc) is 3.23. The van der Waals surface area contributed by atoms with Gasteiger partial charge in [0.1, 0.15) is 6.29 Å². The Morgan fingerprint density at radius 2 is 1.77 bits per heavy atom. The number of benzene rings is 2. The van der Waals surface area contributed by atoms with Gasteiger partial charge in [-0.15, -0.1) is 0 Å². The van der Waals surface area contributed by atoms with Gasteiger partial charge in [0.05, 0.1) is 5.56 Å². The van der Waals surface area contributed by atoms with Crippen LogP contribution < -0.4 is 0 Å². The number of rotatable bonds is 4. The normalized spacial score (nSPS) is 15.3. The summed E-state index contributed by atoms with van der Waals surface area (Å²) in [6.45, 7) is 1.79. The van der Waals surface area contributed by atoms with Crippen LogP contribution in [0.25, 0.3) is 22.8 Å². The molecular formula is C23H21F3N2O2. The lowest BCUT2D eigenvalue weighted by atomic mass is 9.81. The largest absolute Gasteiger partial charge is 0.416 e. The van der Waals surface area contributed by atoms with Gasteiger partial charge in [0.2, 0.25) is 5.82 Å². The fourth-order valence-electron chi connectivity index (χ4n) is 4.11. The van der Waals surface area contributed by atoms with E-state index in [0.717, 1.165) is 50.0 Å². The van der Waals surface area contributed by atoms with Crippen molar-refractivity contribution >= 4 is 6.29 Å². The molecule has 0 aliphatic heterocycles. The van der Waals surface area contributed by atoms with E-state index in [1.54, 1.807) is 37.3 Å². The van der Waals surface area contributed by atoms with Crippen molar-refractivity contribution in [2.24, 2.45) is 0 Å². The van der Waals surface area contributed by atoms with Crippen LogP contribution in [0.1, 0.15) is 65.1 Å². The summed E-state index contributed by atoms with van der Waals surface area (Å²) in [4.78, 5) is 15.3. The number of hydrogen-bond donors (Lipinski definition) is 0. The highest BCUT2D eigenvalue weighted by Gasteiger charge is 2.36. The van der Waals surface area contributed by atoms with Gasteiger partial charge in [0.25, 0.3) is 5.89 Å². The van der Waals surface area contributed by atoms with Crippen molar-refractivity contribution < 1.29 is 22.5 Å². The fourth-order valence-corrected chi connectivity index (χ4v) is 4.11. The molecular weight excluding hydrogens is 393 g/mol. The van der Waals surface area contributed by atoms with Crippen molar-refractivity contribution in [2.45, 2.75) is 51.1 Å². The smallest absolute Gasteiger partial charge is 0.334 e. The molecule has 0 bridgehead atoms. The van der Waals surface area contributed by atoms with E-state index < -0.39 is 11.7 Å². The van der Waals surface area contributed by atoms with Gasteiger partial charge >= 0.3 is 6.18 Å². The van der Waals surface area contributed by atoms with Crippen LogP contribution in [0.15, 0.2) is 40.9 Å². The topological polar surface area (TPSA) is 56.0 Å². The van der Waals surface area contributed by atoms with Crippen LogP contribution in [0.3, 0.4) is 0 Å². The minimum atomic E-state index is -4.45. The first-order valence-corrected chi connectivity index (χ1v) is 9.98. The van der Waals surface area contributed by atoms with Gasteiger partial charge in [0.15, 0.2) is 0 Å². The van der Waals surface area contributed by atoms with Crippen LogP contribution in [-0.4, -0.2) is 16.4 Å². The molecule has 30 heavy (non-hydrogen) atoms. The Labute approximate surface area is 172 Å². The molecule has 2 aromatic carbocycles. The van der Waals surface area contributed by atoms with E-state index in [4.69, 9.17) is 4.52 Å². The molecule has 4 rings (SSSR count). The van der Waals surface area contributed by atoms with Gasteiger partial charge < -0.3 is 4.52 Å². The zero-order valence-electron chi connectivity index (χ0n) is 16.5. The minimum absolute atomic E-state index is 0.0304. The summed E-state index contributed by atoms with van der Waals surface area (Å²) in [6, 6.07) is 9.36. The molecule has 0 amide bonds. The third kappa shape index (κ3) is 4.01. The van der Waals surface area contributed by atoms with Crippen molar-refractivity contribution in [3.8, 4) is 22.8 Å². The molecule has 3 aromatic rings. The number of halogens is 3. The lowest BCUT2D eigenvalue weighted by molar-refractivity contribution is -0.138. The van der Waals surface area contributed by atoms with Crippen molar-refractivity contribution in [2.75, 3.05) is 0 Å². The summed E-state index contributed by atoms with van der Waals surface area (Å²) in [6.07, 6.45) is 0.860. The maximum atomic E-state index is 13.8. The third-order valence-corrected chi connectivity index (χ3v) is 5.73. The SMILES string of the molecule is Cc1cc(-c2noc(-c3ccc(C4CCCCC4)c(C(F)(F)F)c3)n2)ccc1C=O. The van der Waals surface area contributed by atoms with E-state index in [9.17, 15) is 18.0 Å². The Hall–Kier alpha value is -2.96. The Kier molecular flexibility index (Phi) is 5.45. The number of carbonyl (C=O) groups excluding carboxylic acids is 1. The van der Waals surface area contributed by atoms with E-state index >= 15 is 0 Å². The first-order valence-electron chi connectivity index (χ1n) is 9.98. The molecule has 0 saturated heterocycles. The number of aryl methyl sites for hydroxylation is 1. The predicted molar refractivity (Wildman–Crippen MR) is 106 cm³/mol. The molecule has 0 N–H and O–H groups in total. The number of carbonyl (C=O) groups is 1. The van der Waals surface area contributed by atoms with Gasteiger partial charge in [-0.25, -0.2) is 0 Å². The first kappa shape index (κ1) is 20.3. The molecule has 4 nitrogen and oxygen atoms in total. The van der Waals surface area contributed by atoms with Crippen molar-refractivity contribution in [3.05, 3.63) is 58.7 Å². The highest BCUT2D eigenvalue weighted by molar-refractivity contribution is 5.78. The molecule has 1 aliphatic rings. The van der Waals surface area contributed by atoms with E-state index in [0.29, 0.717) is 16.7 Å². The third-order valence-electron chi connectivity index (χ3n) is 5.73. The molecule has 156 valence electrons. The van der Waals surface area contributed by atoms with Crippen LogP contribution in [0.4, 0.5) is 13.2 Å². The molecule has 1 aliphatic carbocycles. The lowest BCUT2D eigenvalue weighted by Crippen LogP contribution is -2.14. The second-order valence-corrected chi connectivity index (χ2v) is 7.75. The van der Waals surface area contributed by atoms with Crippen molar-refractivity contribution in [1.82, 2.24) is 10.1 Å². The van der Waals surface area contributed by atoms with E-state index in [1.165, 1.54) is 0 Å². The van der Waals surface area contributed by atoms with Gasteiger partial charge in [-0.05, 0) is 55.0 Å². The first-order chi connectivity index (χ1) is 14.4. The van der Waals surface area contributed by atoms with Crippen LogP contribution >= 0.6 is 0 Å². The Morgan fingerprint density at radius 3 is 2.43 bits per heavy atom. The van der Waals surface area contributed by atoms with E-state index in [-0.39, 0.29) is 23.2 Å². The van der Waals surface area contributed by atoms with Crippen LogP contribution in [0, 0.1) is 6.92 Å². The second-order valence-electron chi connectivity index (χ2n) is 7.75. The quantitative estimate of drug-likeness (QED) is 0.452. The average molecular weight is 414 g/mol. The maximum Gasteiger partial charge on any atom is 0.416 e. The summed E-state index contributed by atoms with van der Waals surface area (Å²) >= 11 is 0. The van der Waals surface area contributed by atoms with Gasteiger partial charge in [-0.1, -0.05) is 42.6 Å². The summed E-state index contributed by atoms with van der Waals surface area (Å²) in [5.74, 6) is 0.222. The van der Waals surface area contributed by atoms with Gasteiger partial charge in [-0.2, -0.15) is 18.2 Å². The Balaban J connectivity index is 1.69. The Bertz CT molecular complexity index is 1070. The van der Waals surface area contributed by atoms with Crippen molar-refractivity contribution in [1.29, 1.82) is 0 Å². The predicted octanol–water partition coefficient (Wildman–Crippen LogP) is 6.59. The van der Waals surface area contributed by atoms with Gasteiger partial charge in [-0.3, -0.25) is 4.79 Å². The summed E-state index contributed by atoms with van der Waals surface area (Å²) < 4.78 is 46.6. The number of aldehydes is 1. The molecule has 7 heteroatoms. The minimum Gasteiger partial charge on any atom is -0.334 e. The van der Waals surface area contributed by atoms with Crippen molar-refractivity contribution in [3.63, 3.8) is 0 Å². The molecule has 0 radical (unpaired) electrons. The van der Waals surface area contributed by atoms with Crippen LogP contribution in [0.2, 0.25) is 0 Å². The van der Waals surface area contributed by atoms with Crippen LogP contribution in [0.5, 0.6) is 0 Å². The highest BCUT2D eigenvalue weighted by atomic mass is 19.4. The van der Waals surface area contributed by atoms with E-state index in [2.05, 4.69) is 10.1 Å². The van der Waals surface area contributed by atoms with Crippen LogP contribution in [-0.2, 0) is 6.18 Å².